The van der Waals surface area contributed by atoms with E-state index in [0.29, 0.717) is 0 Å². The van der Waals surface area contributed by atoms with Gasteiger partial charge in [0.05, 0.1) is 0 Å². The second kappa shape index (κ2) is 5.96. The third-order valence-corrected chi connectivity index (χ3v) is 4.88. The summed E-state index contributed by atoms with van der Waals surface area (Å²) in [5.74, 6) is 0.896. The lowest BCUT2D eigenvalue weighted by molar-refractivity contribution is 0.387. The van der Waals surface area contributed by atoms with Crippen LogP contribution in [0.1, 0.15) is 38.2 Å². The van der Waals surface area contributed by atoms with Crippen LogP contribution in [0.25, 0.3) is 0 Å². The summed E-state index contributed by atoms with van der Waals surface area (Å²) in [4.78, 5) is 2.59. The average Bonchev–Trinajstić information content (AvgIpc) is 3.04. The standard InChI is InChI=1S/C17H26N2/c1-2-18-16-8-5-7-14(16)10-12-19-13-11-15-6-3-4-9-17(15)19/h3-4,6,9,14,16,18H,2,5,7-8,10-13H2,1H3. The van der Waals surface area contributed by atoms with Crippen molar-refractivity contribution in [3.05, 3.63) is 29.8 Å². The molecule has 104 valence electrons. The fraction of sp³-hybridized carbons (Fsp3) is 0.647. The Hall–Kier alpha value is -1.02. The lowest BCUT2D eigenvalue weighted by Gasteiger charge is -2.25. The van der Waals surface area contributed by atoms with Gasteiger partial charge in [0.25, 0.3) is 0 Å². The summed E-state index contributed by atoms with van der Waals surface area (Å²) in [6.45, 7) is 5.81. The zero-order valence-electron chi connectivity index (χ0n) is 12.1. The quantitative estimate of drug-likeness (QED) is 0.872. The van der Waals surface area contributed by atoms with Crippen LogP contribution >= 0.6 is 0 Å². The van der Waals surface area contributed by atoms with E-state index in [-0.39, 0.29) is 0 Å². The first kappa shape index (κ1) is 13.0. The SMILES string of the molecule is CCNC1CCCC1CCN1CCc2ccccc21. The number of benzene rings is 1. The van der Waals surface area contributed by atoms with Gasteiger partial charge in [0.2, 0.25) is 0 Å². The van der Waals surface area contributed by atoms with Crippen LogP contribution in [0.5, 0.6) is 0 Å². The van der Waals surface area contributed by atoms with Gasteiger partial charge in [0, 0.05) is 24.8 Å². The maximum absolute atomic E-state index is 3.67. The molecule has 2 heteroatoms. The lowest BCUT2D eigenvalue weighted by atomic mass is 9.99. The first-order valence-electron chi connectivity index (χ1n) is 7.94. The molecule has 2 aliphatic rings. The zero-order valence-corrected chi connectivity index (χ0v) is 12.1. The number of para-hydroxylation sites is 1. The molecule has 0 amide bonds. The zero-order chi connectivity index (χ0) is 13.1. The molecule has 1 aromatic carbocycles. The average molecular weight is 258 g/mol. The highest BCUT2D eigenvalue weighted by atomic mass is 15.1. The Bertz CT molecular complexity index is 415. The second-order valence-corrected chi connectivity index (χ2v) is 6.01. The molecule has 0 aromatic heterocycles. The Morgan fingerprint density at radius 2 is 2.16 bits per heavy atom. The van der Waals surface area contributed by atoms with Crippen LogP contribution in [-0.4, -0.2) is 25.7 Å². The number of anilines is 1. The predicted octanol–water partition coefficient (Wildman–Crippen LogP) is 3.22. The molecule has 1 aliphatic carbocycles. The van der Waals surface area contributed by atoms with Crippen molar-refractivity contribution in [2.45, 2.75) is 45.1 Å². The third-order valence-electron chi connectivity index (χ3n) is 4.88. The number of hydrogen-bond donors (Lipinski definition) is 1. The number of rotatable bonds is 5. The van der Waals surface area contributed by atoms with Crippen molar-refractivity contribution in [2.24, 2.45) is 5.92 Å². The Morgan fingerprint density at radius 3 is 3.05 bits per heavy atom. The molecular formula is C17H26N2. The highest BCUT2D eigenvalue weighted by Gasteiger charge is 2.27. The molecule has 0 spiro atoms. The minimum absolute atomic E-state index is 0.780. The minimum atomic E-state index is 0.780. The fourth-order valence-corrected chi connectivity index (χ4v) is 3.87. The van der Waals surface area contributed by atoms with Gasteiger partial charge in [0.1, 0.15) is 0 Å². The molecule has 2 nitrogen and oxygen atoms in total. The summed E-state index contributed by atoms with van der Waals surface area (Å²) in [6, 6.07) is 9.70. The molecule has 19 heavy (non-hydrogen) atoms. The molecule has 1 aliphatic heterocycles. The van der Waals surface area contributed by atoms with Gasteiger partial charge in [-0.25, -0.2) is 0 Å². The number of nitrogens with zero attached hydrogens (tertiary/aromatic N) is 1. The van der Waals surface area contributed by atoms with E-state index in [4.69, 9.17) is 0 Å². The van der Waals surface area contributed by atoms with E-state index in [1.165, 1.54) is 56.4 Å². The molecule has 0 bridgehead atoms. The molecule has 1 aromatic rings. The maximum atomic E-state index is 3.67. The van der Waals surface area contributed by atoms with Crippen LogP contribution in [0.2, 0.25) is 0 Å². The fourth-order valence-electron chi connectivity index (χ4n) is 3.87. The Morgan fingerprint density at radius 1 is 1.26 bits per heavy atom. The van der Waals surface area contributed by atoms with Gasteiger partial charge in [-0.05, 0) is 49.8 Å². The van der Waals surface area contributed by atoms with Crippen molar-refractivity contribution >= 4 is 5.69 Å². The molecule has 3 rings (SSSR count). The Balaban J connectivity index is 1.56. The van der Waals surface area contributed by atoms with Gasteiger partial charge in [-0.15, -0.1) is 0 Å². The van der Waals surface area contributed by atoms with Crippen LogP contribution in [0, 0.1) is 5.92 Å². The van der Waals surface area contributed by atoms with Gasteiger partial charge < -0.3 is 10.2 Å². The number of nitrogens with one attached hydrogen (secondary N) is 1. The number of fused-ring (bicyclic) bond motifs is 1. The largest absolute Gasteiger partial charge is 0.371 e. The van der Waals surface area contributed by atoms with E-state index in [1.807, 2.05) is 0 Å². The van der Waals surface area contributed by atoms with Crippen molar-refractivity contribution in [1.29, 1.82) is 0 Å². The number of hydrogen-bond acceptors (Lipinski definition) is 2. The topological polar surface area (TPSA) is 15.3 Å². The molecule has 2 atom stereocenters. The predicted molar refractivity (Wildman–Crippen MR) is 81.8 cm³/mol. The van der Waals surface area contributed by atoms with Crippen LogP contribution in [0.4, 0.5) is 5.69 Å². The van der Waals surface area contributed by atoms with Crippen molar-refractivity contribution in [2.75, 3.05) is 24.5 Å². The van der Waals surface area contributed by atoms with E-state index < -0.39 is 0 Å². The molecule has 0 radical (unpaired) electrons. The van der Waals surface area contributed by atoms with Crippen molar-refractivity contribution in [3.63, 3.8) is 0 Å². The first-order valence-corrected chi connectivity index (χ1v) is 7.94. The Labute approximate surface area is 117 Å². The van der Waals surface area contributed by atoms with E-state index in [1.54, 1.807) is 0 Å². The van der Waals surface area contributed by atoms with Gasteiger partial charge in [-0.3, -0.25) is 0 Å². The highest BCUT2D eigenvalue weighted by molar-refractivity contribution is 5.57. The summed E-state index contributed by atoms with van der Waals surface area (Å²) in [7, 11) is 0. The van der Waals surface area contributed by atoms with Crippen LogP contribution in [-0.2, 0) is 6.42 Å². The van der Waals surface area contributed by atoms with Crippen LogP contribution in [0.15, 0.2) is 24.3 Å². The summed E-state index contributed by atoms with van der Waals surface area (Å²) in [5.41, 5.74) is 3.03. The first-order chi connectivity index (χ1) is 9.38. The summed E-state index contributed by atoms with van der Waals surface area (Å²) >= 11 is 0. The minimum Gasteiger partial charge on any atom is -0.371 e. The van der Waals surface area contributed by atoms with Gasteiger partial charge in [-0.2, -0.15) is 0 Å². The van der Waals surface area contributed by atoms with E-state index >= 15 is 0 Å². The Kier molecular flexibility index (Phi) is 4.07. The molecule has 1 N–H and O–H groups in total. The van der Waals surface area contributed by atoms with Gasteiger partial charge >= 0.3 is 0 Å². The smallest absolute Gasteiger partial charge is 0.0399 e. The maximum Gasteiger partial charge on any atom is 0.0399 e. The van der Waals surface area contributed by atoms with Crippen LogP contribution in [0.3, 0.4) is 0 Å². The summed E-state index contributed by atoms with van der Waals surface area (Å²) in [5, 5.41) is 3.67. The molecule has 1 heterocycles. The van der Waals surface area contributed by atoms with Crippen molar-refractivity contribution < 1.29 is 0 Å². The second-order valence-electron chi connectivity index (χ2n) is 6.01. The molecule has 0 saturated heterocycles. The molecule has 1 fully saturated rings. The highest BCUT2D eigenvalue weighted by Crippen LogP contribution is 2.31. The summed E-state index contributed by atoms with van der Waals surface area (Å²) < 4.78 is 0. The van der Waals surface area contributed by atoms with Crippen molar-refractivity contribution in [3.8, 4) is 0 Å². The molecule has 1 saturated carbocycles. The molecular weight excluding hydrogens is 232 g/mol. The van der Waals surface area contributed by atoms with E-state index in [2.05, 4.69) is 41.4 Å². The van der Waals surface area contributed by atoms with Crippen molar-refractivity contribution in [1.82, 2.24) is 5.32 Å². The normalized spacial score (nSPS) is 25.8. The van der Waals surface area contributed by atoms with E-state index in [9.17, 15) is 0 Å². The van der Waals surface area contributed by atoms with Gasteiger partial charge in [-0.1, -0.05) is 31.5 Å². The monoisotopic (exact) mass is 258 g/mol. The lowest BCUT2D eigenvalue weighted by Crippen LogP contribution is -2.34. The van der Waals surface area contributed by atoms with E-state index in [0.717, 1.165) is 18.5 Å². The molecule has 2 unspecified atom stereocenters. The van der Waals surface area contributed by atoms with Crippen LogP contribution < -0.4 is 10.2 Å². The summed E-state index contributed by atoms with van der Waals surface area (Å²) in [6.07, 6.45) is 6.81. The van der Waals surface area contributed by atoms with Gasteiger partial charge in [0.15, 0.2) is 0 Å². The third kappa shape index (κ3) is 2.79.